The molecule has 2 aliphatic rings. The third-order valence-corrected chi connectivity index (χ3v) is 5.55. The smallest absolute Gasteiger partial charge is 0.317 e. The van der Waals surface area contributed by atoms with Crippen molar-refractivity contribution in [3.05, 3.63) is 48.6 Å². The minimum absolute atomic E-state index is 0.00496. The largest absolute Gasteiger partial charge is 0.464 e. The maximum absolute atomic E-state index is 12.9. The molecular formula is C21H27NO4. The average Bonchev–Trinajstić information content (AvgIpc) is 2.83. The highest BCUT2D eigenvalue weighted by Crippen LogP contribution is 2.36. The van der Waals surface area contributed by atoms with E-state index in [0.29, 0.717) is 12.1 Å². The Morgan fingerprint density at radius 3 is 2.50 bits per heavy atom. The van der Waals surface area contributed by atoms with Gasteiger partial charge < -0.3 is 14.4 Å². The minimum Gasteiger partial charge on any atom is -0.464 e. The highest BCUT2D eigenvalue weighted by atomic mass is 16.6. The number of rotatable bonds is 7. The molecule has 0 N–H and O–H groups in total. The number of esters is 2. The lowest BCUT2D eigenvalue weighted by molar-refractivity contribution is -0.157. The average molecular weight is 357 g/mol. The maximum atomic E-state index is 12.9. The SMILES string of the molecule is C=CCC(=O)OCC(C(=O)OC1C[C@H]2CC[C@@H](C1)N2C)c1ccccc1. The van der Waals surface area contributed by atoms with Crippen LogP contribution >= 0.6 is 0 Å². The van der Waals surface area contributed by atoms with E-state index in [-0.39, 0.29) is 31.1 Å². The zero-order valence-electron chi connectivity index (χ0n) is 15.3. The summed E-state index contributed by atoms with van der Waals surface area (Å²) < 4.78 is 11.1. The molecule has 0 amide bonds. The molecule has 0 aliphatic carbocycles. The monoisotopic (exact) mass is 357 g/mol. The van der Waals surface area contributed by atoms with Crippen LogP contribution in [0.4, 0.5) is 0 Å². The van der Waals surface area contributed by atoms with Gasteiger partial charge in [0.1, 0.15) is 18.6 Å². The lowest BCUT2D eigenvalue weighted by atomic mass is 9.98. The molecule has 2 bridgehead atoms. The van der Waals surface area contributed by atoms with Gasteiger partial charge in [-0.1, -0.05) is 36.4 Å². The number of hydrogen-bond acceptors (Lipinski definition) is 5. The van der Waals surface area contributed by atoms with E-state index in [0.717, 1.165) is 18.4 Å². The number of fused-ring (bicyclic) bond motifs is 2. The Morgan fingerprint density at radius 1 is 1.23 bits per heavy atom. The second-order valence-electron chi connectivity index (χ2n) is 7.22. The summed E-state index contributed by atoms with van der Waals surface area (Å²) in [6, 6.07) is 10.4. The van der Waals surface area contributed by atoms with Crippen LogP contribution in [0.15, 0.2) is 43.0 Å². The van der Waals surface area contributed by atoms with Gasteiger partial charge >= 0.3 is 11.9 Å². The Morgan fingerprint density at radius 2 is 1.88 bits per heavy atom. The van der Waals surface area contributed by atoms with Crippen molar-refractivity contribution in [2.45, 2.75) is 56.2 Å². The van der Waals surface area contributed by atoms with E-state index in [1.54, 1.807) is 0 Å². The van der Waals surface area contributed by atoms with Crippen LogP contribution in [0.1, 0.15) is 43.6 Å². The molecule has 0 radical (unpaired) electrons. The standard InChI is InChI=1S/C21H27NO4/c1-3-7-20(23)25-14-19(15-8-5-4-6-9-15)21(24)26-18-12-16-10-11-17(13-18)22(16)2/h3-6,8-9,16-19H,1,7,10-14H2,2H3/t16-,17+,18?,19?. The molecular weight excluding hydrogens is 330 g/mol. The number of carbonyl (C=O) groups is 2. The van der Waals surface area contributed by atoms with E-state index in [1.165, 1.54) is 18.9 Å². The van der Waals surface area contributed by atoms with Crippen molar-refractivity contribution < 1.29 is 19.1 Å². The van der Waals surface area contributed by atoms with Crippen LogP contribution in [-0.4, -0.2) is 48.7 Å². The van der Waals surface area contributed by atoms with Crippen molar-refractivity contribution in [2.24, 2.45) is 0 Å². The first kappa shape index (κ1) is 18.6. The highest BCUT2D eigenvalue weighted by Gasteiger charge is 2.40. The molecule has 2 aliphatic heterocycles. The van der Waals surface area contributed by atoms with Crippen molar-refractivity contribution in [1.82, 2.24) is 4.90 Å². The zero-order chi connectivity index (χ0) is 18.5. The van der Waals surface area contributed by atoms with Crippen molar-refractivity contribution >= 4 is 11.9 Å². The van der Waals surface area contributed by atoms with Crippen molar-refractivity contribution in [1.29, 1.82) is 0 Å². The van der Waals surface area contributed by atoms with Gasteiger partial charge in [0, 0.05) is 12.1 Å². The minimum atomic E-state index is -0.595. The van der Waals surface area contributed by atoms with Crippen LogP contribution in [0.3, 0.4) is 0 Å². The van der Waals surface area contributed by atoms with Gasteiger partial charge in [0.05, 0.1) is 6.42 Å². The summed E-state index contributed by atoms with van der Waals surface area (Å²) in [4.78, 5) is 26.9. The normalized spacial score (nSPS) is 26.1. The first-order chi connectivity index (χ1) is 12.6. The zero-order valence-corrected chi connectivity index (χ0v) is 15.3. The summed E-state index contributed by atoms with van der Waals surface area (Å²) in [6.45, 7) is 3.52. The summed E-state index contributed by atoms with van der Waals surface area (Å²) in [7, 11) is 2.16. The molecule has 1 aromatic rings. The second kappa shape index (κ2) is 8.49. The Kier molecular flexibility index (Phi) is 6.09. The molecule has 5 heteroatoms. The Hall–Kier alpha value is -2.14. The molecule has 140 valence electrons. The van der Waals surface area contributed by atoms with E-state index >= 15 is 0 Å². The quantitative estimate of drug-likeness (QED) is 0.554. The Bertz CT molecular complexity index is 631. The fourth-order valence-corrected chi connectivity index (χ4v) is 4.04. The van der Waals surface area contributed by atoms with Gasteiger partial charge in [-0.25, -0.2) is 0 Å². The van der Waals surface area contributed by atoms with Gasteiger partial charge in [-0.3, -0.25) is 9.59 Å². The van der Waals surface area contributed by atoms with Crippen molar-refractivity contribution in [3.8, 4) is 0 Å². The predicted octanol–water partition coefficient (Wildman–Crippen LogP) is 3.06. The molecule has 26 heavy (non-hydrogen) atoms. The molecule has 2 heterocycles. The van der Waals surface area contributed by atoms with Crippen LogP contribution in [0.5, 0.6) is 0 Å². The lowest BCUT2D eigenvalue weighted by Crippen LogP contribution is -2.44. The van der Waals surface area contributed by atoms with Crippen LogP contribution in [0, 0.1) is 0 Å². The molecule has 0 aromatic heterocycles. The molecule has 2 fully saturated rings. The summed E-state index contributed by atoms with van der Waals surface area (Å²) >= 11 is 0. The summed E-state index contributed by atoms with van der Waals surface area (Å²) in [5, 5.41) is 0. The van der Waals surface area contributed by atoms with E-state index in [1.807, 2.05) is 30.3 Å². The molecule has 0 saturated carbocycles. The van der Waals surface area contributed by atoms with Crippen LogP contribution in [0.2, 0.25) is 0 Å². The summed E-state index contributed by atoms with van der Waals surface area (Å²) in [6.07, 6.45) is 5.70. The third kappa shape index (κ3) is 4.33. The van der Waals surface area contributed by atoms with Crippen molar-refractivity contribution in [2.75, 3.05) is 13.7 Å². The lowest BCUT2D eigenvalue weighted by Gasteiger charge is -2.36. The van der Waals surface area contributed by atoms with Gasteiger partial charge in [0.25, 0.3) is 0 Å². The number of piperidine rings is 1. The number of benzene rings is 1. The first-order valence-electron chi connectivity index (χ1n) is 9.32. The Balaban J connectivity index is 1.65. The molecule has 0 spiro atoms. The first-order valence-corrected chi connectivity index (χ1v) is 9.32. The highest BCUT2D eigenvalue weighted by molar-refractivity contribution is 5.79. The van der Waals surface area contributed by atoms with Gasteiger partial charge in [-0.05, 0) is 38.3 Å². The van der Waals surface area contributed by atoms with Crippen molar-refractivity contribution in [3.63, 3.8) is 0 Å². The molecule has 5 nitrogen and oxygen atoms in total. The van der Waals surface area contributed by atoms with Gasteiger partial charge in [-0.15, -0.1) is 6.58 Å². The molecule has 2 unspecified atom stereocenters. The van der Waals surface area contributed by atoms with Crippen LogP contribution in [-0.2, 0) is 19.1 Å². The third-order valence-electron chi connectivity index (χ3n) is 5.55. The van der Waals surface area contributed by atoms with E-state index in [2.05, 4.69) is 18.5 Å². The van der Waals surface area contributed by atoms with Gasteiger partial charge in [0.15, 0.2) is 0 Å². The fraction of sp³-hybridized carbons (Fsp3) is 0.524. The molecule has 4 atom stereocenters. The maximum Gasteiger partial charge on any atom is 0.317 e. The number of hydrogen-bond donors (Lipinski definition) is 0. The van der Waals surface area contributed by atoms with Gasteiger partial charge in [-0.2, -0.15) is 0 Å². The van der Waals surface area contributed by atoms with Gasteiger partial charge in [0.2, 0.25) is 0 Å². The van der Waals surface area contributed by atoms with E-state index in [4.69, 9.17) is 9.47 Å². The van der Waals surface area contributed by atoms with Crippen LogP contribution in [0.25, 0.3) is 0 Å². The topological polar surface area (TPSA) is 55.8 Å². The van der Waals surface area contributed by atoms with E-state index < -0.39 is 5.92 Å². The predicted molar refractivity (Wildman–Crippen MR) is 98.6 cm³/mol. The molecule has 3 rings (SSSR count). The van der Waals surface area contributed by atoms with E-state index in [9.17, 15) is 9.59 Å². The number of ether oxygens (including phenoxy) is 2. The Labute approximate surface area is 155 Å². The number of carbonyl (C=O) groups excluding carboxylic acids is 2. The second-order valence-corrected chi connectivity index (χ2v) is 7.22. The van der Waals surface area contributed by atoms with Crippen LogP contribution < -0.4 is 0 Å². The molecule has 1 aromatic carbocycles. The fourth-order valence-electron chi connectivity index (χ4n) is 4.04. The number of nitrogens with zero attached hydrogens (tertiary/aromatic N) is 1. The summed E-state index contributed by atoms with van der Waals surface area (Å²) in [5.74, 6) is -1.29. The summed E-state index contributed by atoms with van der Waals surface area (Å²) in [5.41, 5.74) is 0.805. The molecule has 2 saturated heterocycles.